The number of carboxylic acids is 2. The topological polar surface area (TPSA) is 421 Å². The Morgan fingerprint density at radius 3 is 1.90 bits per heavy atom. The average Bonchev–Trinajstić information content (AvgIpc) is 3.80. The molecule has 378 valence electrons. The third kappa shape index (κ3) is 18.2. The highest BCUT2D eigenvalue weighted by Gasteiger charge is 2.40. The minimum absolute atomic E-state index is 0.0203. The number of phenols is 1. The van der Waals surface area contributed by atoms with Crippen molar-refractivity contribution in [2.75, 3.05) is 25.4 Å². The molecule has 0 saturated carbocycles. The highest BCUT2D eigenvalue weighted by atomic mass is 32.1. The number of hydrogen-bond donors (Lipinski definition) is 15. The van der Waals surface area contributed by atoms with Crippen molar-refractivity contribution in [1.82, 2.24) is 36.8 Å². The molecule has 25 nitrogen and oxygen atoms in total. The standard InChI is InChI=1S/C43H61N11O14S/c1-22(56)34(53-35(60)26(44)19-33(58)59)40(65)49-28(17-24-11-13-25(57)14-12-24)37(62)50-29(18-23-7-3-2-4-8-23)41(66)54-16-6-10-32(54)39(64)48-27(9-5-15-47-43(45)46)36(61)51-30(20-55)38(63)52-31(21-69)42(67)68/h2-4,7-8,11-14,22,26-32,34,55-57,69H,5-6,9-10,15-21,44H2,1H3,(H,48,64)(H,49,65)(H,50,62)(H,51,61)(H,52,63)(H,53,60)(H,58,59)(H,67,68)(H4,45,46,47)/t22-,26+,27+,28+,29+,30+,31+,32+,34+/m1/s1. The highest BCUT2D eigenvalue weighted by molar-refractivity contribution is 7.80. The SMILES string of the molecule is C[C@@H](O)[C@H](NC(=O)[C@@H](N)CC(=O)O)C(=O)N[C@@H](Cc1ccc(O)cc1)C(=O)N[C@@H](Cc1ccccc1)C(=O)N1CCC[C@H]1C(=O)N[C@@H](CCCN=C(N)N)C(=O)N[C@@H](CO)C(=O)N[C@@H](CS)C(=O)O. The van der Waals surface area contributed by atoms with Crippen molar-refractivity contribution in [2.45, 2.75) is 106 Å². The van der Waals surface area contributed by atoms with E-state index < -0.39 is 121 Å². The first-order valence-electron chi connectivity index (χ1n) is 21.7. The third-order valence-corrected chi connectivity index (χ3v) is 11.1. The normalized spacial score (nSPS) is 16.7. The molecule has 0 bridgehead atoms. The van der Waals surface area contributed by atoms with E-state index in [0.29, 0.717) is 17.5 Å². The van der Waals surface area contributed by atoms with E-state index in [2.05, 4.69) is 49.5 Å². The Kier molecular flexibility index (Phi) is 22.6. The molecular formula is C43H61N11O14S. The van der Waals surface area contributed by atoms with Gasteiger partial charge < -0.3 is 79.5 Å². The molecule has 0 unspecified atom stereocenters. The van der Waals surface area contributed by atoms with Crippen LogP contribution in [0.4, 0.5) is 0 Å². The van der Waals surface area contributed by atoms with Gasteiger partial charge in [0.05, 0.1) is 25.2 Å². The van der Waals surface area contributed by atoms with Crippen molar-refractivity contribution in [3.63, 3.8) is 0 Å². The zero-order chi connectivity index (χ0) is 51.4. The summed E-state index contributed by atoms with van der Waals surface area (Å²) in [6.07, 6.45) is -2.33. The number of nitrogens with zero attached hydrogens (tertiary/aromatic N) is 2. The summed E-state index contributed by atoms with van der Waals surface area (Å²) in [6, 6.07) is 2.12. The average molecular weight is 988 g/mol. The Hall–Kier alpha value is -7.03. The molecule has 69 heavy (non-hydrogen) atoms. The summed E-state index contributed by atoms with van der Waals surface area (Å²) in [5, 5.41) is 63.2. The van der Waals surface area contributed by atoms with Crippen LogP contribution >= 0.6 is 12.6 Å². The monoisotopic (exact) mass is 987 g/mol. The first-order chi connectivity index (χ1) is 32.6. The summed E-state index contributed by atoms with van der Waals surface area (Å²) >= 11 is 3.90. The molecule has 0 aromatic heterocycles. The highest BCUT2D eigenvalue weighted by Crippen LogP contribution is 2.21. The summed E-state index contributed by atoms with van der Waals surface area (Å²) in [5.41, 5.74) is 17.5. The van der Waals surface area contributed by atoms with E-state index in [4.69, 9.17) is 22.3 Å². The second kappa shape index (κ2) is 27.7. The van der Waals surface area contributed by atoms with Crippen LogP contribution in [-0.2, 0) is 56.0 Å². The predicted molar refractivity (Wildman–Crippen MR) is 249 cm³/mol. The molecule has 1 aliphatic heterocycles. The van der Waals surface area contributed by atoms with Gasteiger partial charge in [-0.15, -0.1) is 0 Å². The van der Waals surface area contributed by atoms with Gasteiger partial charge in [0.2, 0.25) is 41.4 Å². The second-order valence-corrected chi connectivity index (χ2v) is 16.5. The van der Waals surface area contributed by atoms with Gasteiger partial charge in [-0.3, -0.25) is 43.3 Å². The lowest BCUT2D eigenvalue weighted by Gasteiger charge is -2.31. The molecule has 3 rings (SSSR count). The number of hydrogen-bond acceptors (Lipinski definition) is 15. The first-order valence-corrected chi connectivity index (χ1v) is 22.4. The third-order valence-electron chi connectivity index (χ3n) is 10.7. The van der Waals surface area contributed by atoms with E-state index in [-0.39, 0.29) is 62.7 Å². The van der Waals surface area contributed by atoms with Crippen molar-refractivity contribution >= 4 is 71.9 Å². The molecule has 1 saturated heterocycles. The van der Waals surface area contributed by atoms with Crippen LogP contribution in [0.5, 0.6) is 5.75 Å². The molecule has 0 radical (unpaired) electrons. The van der Waals surface area contributed by atoms with E-state index in [0.717, 1.165) is 6.92 Å². The van der Waals surface area contributed by atoms with E-state index in [1.165, 1.54) is 29.2 Å². The largest absolute Gasteiger partial charge is 0.508 e. The van der Waals surface area contributed by atoms with Crippen molar-refractivity contribution in [3.8, 4) is 5.75 Å². The number of carbonyl (C=O) groups excluding carboxylic acids is 7. The number of likely N-dealkylation sites (tertiary alicyclic amines) is 1. The van der Waals surface area contributed by atoms with E-state index >= 15 is 0 Å². The van der Waals surface area contributed by atoms with Crippen molar-refractivity contribution in [3.05, 3.63) is 65.7 Å². The summed E-state index contributed by atoms with van der Waals surface area (Å²) in [5.74, 6) is -10.1. The number of amides is 7. The minimum Gasteiger partial charge on any atom is -0.508 e. The van der Waals surface area contributed by atoms with Gasteiger partial charge in [0.25, 0.3) is 0 Å². The number of aliphatic imine (C=N–C) groups is 1. The molecule has 7 amide bonds. The molecule has 26 heteroatoms. The van der Waals surface area contributed by atoms with Gasteiger partial charge in [-0.25, -0.2) is 4.79 Å². The molecule has 2 aromatic carbocycles. The fourth-order valence-corrected chi connectivity index (χ4v) is 7.32. The second-order valence-electron chi connectivity index (χ2n) is 16.1. The maximum atomic E-state index is 14.7. The predicted octanol–water partition coefficient (Wildman–Crippen LogP) is -4.68. The number of carbonyl (C=O) groups is 9. The zero-order valence-corrected chi connectivity index (χ0v) is 38.5. The number of carboxylic acid groups (broad SMARTS) is 2. The maximum Gasteiger partial charge on any atom is 0.327 e. The van der Waals surface area contributed by atoms with Crippen LogP contribution in [0.2, 0.25) is 0 Å². The van der Waals surface area contributed by atoms with E-state index in [9.17, 15) is 63.6 Å². The molecule has 17 N–H and O–H groups in total. The Morgan fingerprint density at radius 2 is 1.32 bits per heavy atom. The summed E-state index contributed by atoms with van der Waals surface area (Å²) in [6.45, 7) is 0.252. The van der Waals surface area contributed by atoms with Gasteiger partial charge in [0, 0.05) is 31.7 Å². The molecule has 1 aliphatic rings. The number of aliphatic carboxylic acids is 2. The number of nitrogens with two attached hydrogens (primary N) is 3. The Balaban J connectivity index is 1.94. The first kappa shape index (κ1) is 56.3. The summed E-state index contributed by atoms with van der Waals surface area (Å²) in [4.78, 5) is 124. The van der Waals surface area contributed by atoms with Gasteiger partial charge in [-0.05, 0) is 55.9 Å². The van der Waals surface area contributed by atoms with Crippen LogP contribution in [-0.4, -0.2) is 170 Å². The van der Waals surface area contributed by atoms with Crippen LogP contribution in [0.3, 0.4) is 0 Å². The Labute approximate surface area is 401 Å². The summed E-state index contributed by atoms with van der Waals surface area (Å²) < 4.78 is 0. The van der Waals surface area contributed by atoms with Crippen LogP contribution in [0, 0.1) is 0 Å². The number of rotatable bonds is 27. The van der Waals surface area contributed by atoms with Gasteiger partial charge in [0.1, 0.15) is 48.0 Å². The lowest BCUT2D eigenvalue weighted by molar-refractivity contribution is -0.143. The fraction of sp³-hybridized carbons (Fsp3) is 0.488. The number of thiol groups is 1. The Morgan fingerprint density at radius 1 is 0.754 bits per heavy atom. The molecule has 0 aliphatic carbocycles. The van der Waals surface area contributed by atoms with Crippen molar-refractivity contribution < 1.29 is 68.7 Å². The number of aliphatic hydroxyl groups excluding tert-OH is 2. The fourth-order valence-electron chi connectivity index (χ4n) is 7.07. The number of aromatic hydroxyl groups is 1. The molecule has 1 heterocycles. The van der Waals surface area contributed by atoms with Crippen molar-refractivity contribution in [2.24, 2.45) is 22.2 Å². The molecule has 0 spiro atoms. The van der Waals surface area contributed by atoms with Gasteiger partial charge in [-0.1, -0.05) is 42.5 Å². The quantitative estimate of drug-likeness (QED) is 0.0173. The number of nitrogens with one attached hydrogen (secondary N) is 6. The lowest BCUT2D eigenvalue weighted by Crippen LogP contribution is -2.61. The Bertz CT molecular complexity index is 2150. The molecular weight excluding hydrogens is 927 g/mol. The zero-order valence-electron chi connectivity index (χ0n) is 37.7. The van der Waals surface area contributed by atoms with Crippen LogP contribution in [0.15, 0.2) is 59.6 Å². The molecule has 9 atom stereocenters. The minimum atomic E-state index is -1.73. The van der Waals surface area contributed by atoms with Gasteiger partial charge >= 0.3 is 11.9 Å². The van der Waals surface area contributed by atoms with E-state index in [1.807, 2.05) is 0 Å². The van der Waals surface area contributed by atoms with Crippen LogP contribution in [0.1, 0.15) is 50.2 Å². The summed E-state index contributed by atoms with van der Waals surface area (Å²) in [7, 11) is 0. The number of guanidine groups is 1. The van der Waals surface area contributed by atoms with E-state index in [1.54, 1.807) is 30.3 Å². The number of benzene rings is 2. The lowest BCUT2D eigenvalue weighted by atomic mass is 10.0. The van der Waals surface area contributed by atoms with Crippen LogP contribution in [0.25, 0.3) is 0 Å². The van der Waals surface area contributed by atoms with Gasteiger partial charge in [0.15, 0.2) is 5.96 Å². The van der Waals surface area contributed by atoms with Gasteiger partial charge in [-0.2, -0.15) is 12.6 Å². The van der Waals surface area contributed by atoms with Crippen LogP contribution < -0.4 is 49.1 Å². The maximum absolute atomic E-state index is 14.7. The molecule has 1 fully saturated rings. The smallest absolute Gasteiger partial charge is 0.327 e. The number of aliphatic hydroxyl groups is 2. The number of phenolic OH excluding ortho intramolecular Hbond substituents is 1. The van der Waals surface area contributed by atoms with Crippen molar-refractivity contribution in [1.29, 1.82) is 0 Å². The molecule has 2 aromatic rings.